The molecule has 5 heteroatoms. The molecule has 1 heterocycles. The van der Waals surface area contributed by atoms with E-state index in [4.69, 9.17) is 15.2 Å². The molecule has 1 aromatic heterocycles. The maximum atomic E-state index is 6.05. The molecule has 0 fully saturated rings. The van der Waals surface area contributed by atoms with E-state index in [1.165, 1.54) is 0 Å². The second-order valence-electron chi connectivity index (χ2n) is 4.24. The highest BCUT2D eigenvalue weighted by Gasteiger charge is 2.13. The Morgan fingerprint density at radius 1 is 1.28 bits per heavy atom. The van der Waals surface area contributed by atoms with Crippen LogP contribution in [0.25, 0.3) is 11.0 Å². The third-order valence-electron chi connectivity index (χ3n) is 2.96. The molecule has 0 aliphatic heterocycles. The third-order valence-corrected chi connectivity index (χ3v) is 2.96. The number of aromatic nitrogens is 2. The molecule has 3 N–H and O–H groups in total. The van der Waals surface area contributed by atoms with Gasteiger partial charge in [-0.3, -0.25) is 0 Å². The van der Waals surface area contributed by atoms with Crippen molar-refractivity contribution in [2.75, 3.05) is 14.2 Å². The van der Waals surface area contributed by atoms with Gasteiger partial charge < -0.3 is 20.2 Å². The Kier molecular flexibility index (Phi) is 3.72. The number of hydrogen-bond donors (Lipinski definition) is 2. The summed E-state index contributed by atoms with van der Waals surface area (Å²) in [7, 11) is 3.23. The fourth-order valence-electron chi connectivity index (χ4n) is 1.98. The largest absolute Gasteiger partial charge is 0.493 e. The van der Waals surface area contributed by atoms with Gasteiger partial charge in [0.05, 0.1) is 31.3 Å². The first-order valence-corrected chi connectivity index (χ1v) is 6.06. The normalized spacial score (nSPS) is 12.7. The summed E-state index contributed by atoms with van der Waals surface area (Å²) in [5.41, 5.74) is 7.81. The molecule has 18 heavy (non-hydrogen) atoms. The number of benzene rings is 1. The zero-order valence-corrected chi connectivity index (χ0v) is 11.0. The number of H-pyrrole nitrogens is 1. The van der Waals surface area contributed by atoms with Crippen LogP contribution in [0.1, 0.15) is 31.6 Å². The lowest BCUT2D eigenvalue weighted by atomic mass is 10.2. The number of methoxy groups -OCH3 is 2. The van der Waals surface area contributed by atoms with Gasteiger partial charge in [0.25, 0.3) is 0 Å². The van der Waals surface area contributed by atoms with Crippen LogP contribution in [0.4, 0.5) is 0 Å². The molecule has 1 unspecified atom stereocenters. The molecular formula is C13H19N3O2. The summed E-state index contributed by atoms with van der Waals surface area (Å²) in [5, 5.41) is 0. The Hall–Kier alpha value is -1.75. The summed E-state index contributed by atoms with van der Waals surface area (Å²) in [6.45, 7) is 2.11. The first kappa shape index (κ1) is 12.7. The van der Waals surface area contributed by atoms with Gasteiger partial charge in [-0.15, -0.1) is 0 Å². The maximum absolute atomic E-state index is 6.05. The maximum Gasteiger partial charge on any atom is 0.163 e. The van der Waals surface area contributed by atoms with E-state index in [1.807, 2.05) is 12.1 Å². The van der Waals surface area contributed by atoms with E-state index < -0.39 is 0 Å². The lowest BCUT2D eigenvalue weighted by molar-refractivity contribution is 0.356. The van der Waals surface area contributed by atoms with E-state index in [0.717, 1.165) is 29.7 Å². The molecule has 0 saturated carbocycles. The predicted octanol–water partition coefficient (Wildman–Crippen LogP) is 2.38. The standard InChI is InChI=1S/C13H19N3O2/c1-4-5-8(14)13-15-9-6-11(17-2)12(18-3)7-10(9)16-13/h6-8H,4-5,14H2,1-3H3,(H,15,16). The van der Waals surface area contributed by atoms with Crippen LogP contribution in [0.2, 0.25) is 0 Å². The van der Waals surface area contributed by atoms with Crippen molar-refractivity contribution in [3.63, 3.8) is 0 Å². The molecule has 2 aromatic rings. The minimum atomic E-state index is -0.0561. The monoisotopic (exact) mass is 249 g/mol. The molecule has 5 nitrogen and oxygen atoms in total. The highest BCUT2D eigenvalue weighted by Crippen LogP contribution is 2.31. The molecule has 1 atom stereocenters. The molecular weight excluding hydrogens is 230 g/mol. The number of nitrogens with one attached hydrogen (secondary N) is 1. The van der Waals surface area contributed by atoms with Crippen molar-refractivity contribution in [1.82, 2.24) is 9.97 Å². The number of ether oxygens (including phenoxy) is 2. The Morgan fingerprint density at radius 3 is 2.56 bits per heavy atom. The van der Waals surface area contributed by atoms with Crippen LogP contribution in [-0.4, -0.2) is 24.2 Å². The highest BCUT2D eigenvalue weighted by molar-refractivity contribution is 5.79. The summed E-state index contributed by atoms with van der Waals surface area (Å²) < 4.78 is 10.5. The first-order valence-electron chi connectivity index (χ1n) is 6.06. The summed E-state index contributed by atoms with van der Waals surface area (Å²) in [6, 6.07) is 3.68. The number of hydrogen-bond acceptors (Lipinski definition) is 4. The zero-order valence-electron chi connectivity index (χ0n) is 11.0. The van der Waals surface area contributed by atoms with Crippen LogP contribution in [-0.2, 0) is 0 Å². The molecule has 0 bridgehead atoms. The van der Waals surface area contributed by atoms with Crippen LogP contribution in [0.15, 0.2) is 12.1 Å². The van der Waals surface area contributed by atoms with Gasteiger partial charge in [-0.2, -0.15) is 0 Å². The zero-order chi connectivity index (χ0) is 13.1. The summed E-state index contributed by atoms with van der Waals surface area (Å²) >= 11 is 0. The number of nitrogens with zero attached hydrogens (tertiary/aromatic N) is 1. The molecule has 0 radical (unpaired) electrons. The second-order valence-corrected chi connectivity index (χ2v) is 4.24. The van der Waals surface area contributed by atoms with Gasteiger partial charge >= 0.3 is 0 Å². The van der Waals surface area contributed by atoms with E-state index in [-0.39, 0.29) is 6.04 Å². The second kappa shape index (κ2) is 5.27. The van der Waals surface area contributed by atoms with Gasteiger partial charge in [0, 0.05) is 12.1 Å². The lowest BCUT2D eigenvalue weighted by Crippen LogP contribution is -2.11. The van der Waals surface area contributed by atoms with Crippen LogP contribution >= 0.6 is 0 Å². The van der Waals surface area contributed by atoms with Crippen molar-refractivity contribution in [1.29, 1.82) is 0 Å². The van der Waals surface area contributed by atoms with Gasteiger partial charge in [-0.25, -0.2) is 4.98 Å². The molecule has 98 valence electrons. The number of imidazole rings is 1. The van der Waals surface area contributed by atoms with Gasteiger partial charge in [-0.1, -0.05) is 13.3 Å². The summed E-state index contributed by atoms with van der Waals surface area (Å²) in [6.07, 6.45) is 1.94. The van der Waals surface area contributed by atoms with E-state index in [1.54, 1.807) is 14.2 Å². The van der Waals surface area contributed by atoms with Crippen LogP contribution in [0.5, 0.6) is 11.5 Å². The Labute approximate surface area is 106 Å². The molecule has 0 amide bonds. The van der Waals surface area contributed by atoms with Crippen molar-refractivity contribution in [2.24, 2.45) is 5.73 Å². The van der Waals surface area contributed by atoms with Gasteiger partial charge in [-0.05, 0) is 6.42 Å². The van der Waals surface area contributed by atoms with E-state index in [0.29, 0.717) is 11.5 Å². The van der Waals surface area contributed by atoms with Gasteiger partial charge in [0.1, 0.15) is 5.82 Å². The quantitative estimate of drug-likeness (QED) is 0.853. The average Bonchev–Trinajstić information content (AvgIpc) is 2.80. The highest BCUT2D eigenvalue weighted by atomic mass is 16.5. The molecule has 2 rings (SSSR count). The lowest BCUT2D eigenvalue weighted by Gasteiger charge is -2.06. The third kappa shape index (κ3) is 2.26. The Morgan fingerprint density at radius 2 is 1.94 bits per heavy atom. The fraction of sp³-hybridized carbons (Fsp3) is 0.462. The van der Waals surface area contributed by atoms with E-state index in [2.05, 4.69) is 16.9 Å². The molecule has 0 aliphatic carbocycles. The van der Waals surface area contributed by atoms with Gasteiger partial charge in [0.15, 0.2) is 11.5 Å². The number of aromatic amines is 1. The van der Waals surface area contributed by atoms with Crippen molar-refractivity contribution in [2.45, 2.75) is 25.8 Å². The number of nitrogens with two attached hydrogens (primary N) is 1. The first-order chi connectivity index (χ1) is 8.69. The van der Waals surface area contributed by atoms with Gasteiger partial charge in [0.2, 0.25) is 0 Å². The minimum Gasteiger partial charge on any atom is -0.493 e. The van der Waals surface area contributed by atoms with Crippen molar-refractivity contribution in [3.05, 3.63) is 18.0 Å². The van der Waals surface area contributed by atoms with Crippen LogP contribution in [0.3, 0.4) is 0 Å². The Bertz CT molecular complexity index is 495. The summed E-state index contributed by atoms with van der Waals surface area (Å²) in [5.74, 6) is 2.17. The predicted molar refractivity (Wildman–Crippen MR) is 71.0 cm³/mol. The molecule has 0 saturated heterocycles. The fourth-order valence-corrected chi connectivity index (χ4v) is 1.98. The summed E-state index contributed by atoms with van der Waals surface area (Å²) in [4.78, 5) is 7.73. The van der Waals surface area contributed by atoms with Crippen molar-refractivity contribution in [3.8, 4) is 11.5 Å². The van der Waals surface area contributed by atoms with Crippen molar-refractivity contribution >= 4 is 11.0 Å². The van der Waals surface area contributed by atoms with Crippen molar-refractivity contribution < 1.29 is 9.47 Å². The SMILES string of the molecule is CCCC(N)c1nc2cc(OC)c(OC)cc2[nH]1. The van der Waals surface area contributed by atoms with E-state index >= 15 is 0 Å². The topological polar surface area (TPSA) is 73.2 Å². The van der Waals surface area contributed by atoms with Crippen LogP contribution in [0, 0.1) is 0 Å². The molecule has 0 aliphatic rings. The van der Waals surface area contributed by atoms with Crippen LogP contribution < -0.4 is 15.2 Å². The average molecular weight is 249 g/mol. The number of rotatable bonds is 5. The molecule has 1 aromatic carbocycles. The molecule has 0 spiro atoms. The number of fused-ring (bicyclic) bond motifs is 1. The smallest absolute Gasteiger partial charge is 0.163 e. The van der Waals surface area contributed by atoms with E-state index in [9.17, 15) is 0 Å². The minimum absolute atomic E-state index is 0.0561. The Balaban J connectivity index is 2.44.